The normalized spacial score (nSPS) is 13.8. The molecule has 0 saturated carbocycles. The highest BCUT2D eigenvalue weighted by Crippen LogP contribution is 2.43. The summed E-state index contributed by atoms with van der Waals surface area (Å²) in [6, 6.07) is 0.410. The molecule has 0 atom stereocenters. The predicted octanol–water partition coefficient (Wildman–Crippen LogP) is 1.91. The lowest BCUT2D eigenvalue weighted by Crippen LogP contribution is -2.00. The Hall–Kier alpha value is -0.510. The minimum absolute atomic E-state index is 0.410. The van der Waals surface area contributed by atoms with Crippen LogP contribution in [-0.2, 0) is 0 Å². The number of rotatable bonds is 2. The molecule has 0 N–H and O–H groups in total. The summed E-state index contributed by atoms with van der Waals surface area (Å²) in [7, 11) is -0.710. The zero-order valence-electron chi connectivity index (χ0n) is 8.40. The fourth-order valence-corrected chi connectivity index (χ4v) is 1.50. The van der Waals surface area contributed by atoms with Crippen LogP contribution in [-0.4, -0.2) is 33.8 Å². The first kappa shape index (κ1) is 9.58. The second-order valence-corrected chi connectivity index (χ2v) is 8.06. The van der Waals surface area contributed by atoms with Crippen molar-refractivity contribution in [1.82, 2.24) is 15.0 Å². The molecule has 1 heterocycles. The van der Waals surface area contributed by atoms with Gasteiger partial charge in [0.25, 0.3) is 0 Å². The van der Waals surface area contributed by atoms with Crippen LogP contribution in [0.25, 0.3) is 0 Å². The maximum atomic E-state index is 4.16. The molecule has 0 fully saturated rings. The van der Waals surface area contributed by atoms with Crippen molar-refractivity contribution >= 4 is 10.0 Å². The molecule has 70 valence electrons. The lowest BCUT2D eigenvalue weighted by Gasteiger charge is -2.20. The summed E-state index contributed by atoms with van der Waals surface area (Å²) < 4.78 is 1.91. The lowest BCUT2D eigenvalue weighted by molar-refractivity contribution is 0.514. The number of hydrogen-bond donors (Lipinski definition) is 0. The SMILES string of the molecule is CC(C)n1cc(S(C)(C)C)nn1. The van der Waals surface area contributed by atoms with Gasteiger partial charge in [0.1, 0.15) is 5.03 Å². The van der Waals surface area contributed by atoms with E-state index >= 15 is 0 Å². The van der Waals surface area contributed by atoms with Gasteiger partial charge in [0.05, 0.1) is 6.20 Å². The van der Waals surface area contributed by atoms with E-state index < -0.39 is 10.0 Å². The summed E-state index contributed by atoms with van der Waals surface area (Å²) in [6.07, 6.45) is 8.73. The third-order valence-electron chi connectivity index (χ3n) is 1.65. The zero-order chi connectivity index (χ0) is 9.35. The quantitative estimate of drug-likeness (QED) is 0.708. The molecule has 0 aromatic carbocycles. The van der Waals surface area contributed by atoms with E-state index in [-0.39, 0.29) is 0 Å². The first-order chi connectivity index (χ1) is 5.41. The number of aromatic nitrogens is 3. The van der Waals surface area contributed by atoms with Gasteiger partial charge in [0.15, 0.2) is 0 Å². The third kappa shape index (κ3) is 2.00. The number of hydrogen-bond acceptors (Lipinski definition) is 2. The third-order valence-corrected chi connectivity index (χ3v) is 3.09. The molecule has 0 bridgehead atoms. The topological polar surface area (TPSA) is 30.7 Å². The van der Waals surface area contributed by atoms with Crippen LogP contribution in [0.1, 0.15) is 19.9 Å². The fraction of sp³-hybridized carbons (Fsp3) is 0.750. The van der Waals surface area contributed by atoms with Gasteiger partial charge in [-0.15, -0.1) is 5.10 Å². The van der Waals surface area contributed by atoms with Gasteiger partial charge in [-0.3, -0.25) is 0 Å². The molecule has 0 spiro atoms. The Morgan fingerprint density at radius 3 is 2.17 bits per heavy atom. The van der Waals surface area contributed by atoms with Crippen LogP contribution < -0.4 is 0 Å². The summed E-state index contributed by atoms with van der Waals surface area (Å²) in [4.78, 5) is 0. The van der Waals surface area contributed by atoms with E-state index in [1.165, 1.54) is 0 Å². The van der Waals surface area contributed by atoms with E-state index in [4.69, 9.17) is 0 Å². The molecule has 0 amide bonds. The van der Waals surface area contributed by atoms with E-state index in [0.29, 0.717) is 6.04 Å². The van der Waals surface area contributed by atoms with Crippen molar-refractivity contribution in [2.45, 2.75) is 24.9 Å². The zero-order valence-corrected chi connectivity index (χ0v) is 9.22. The molecule has 3 nitrogen and oxygen atoms in total. The molecule has 0 saturated heterocycles. The highest BCUT2D eigenvalue weighted by atomic mass is 32.3. The maximum absolute atomic E-state index is 4.16. The van der Waals surface area contributed by atoms with Crippen LogP contribution >= 0.6 is 10.0 Å². The molecule has 0 unspecified atom stereocenters. The van der Waals surface area contributed by atoms with Gasteiger partial charge in [0.2, 0.25) is 0 Å². The summed E-state index contributed by atoms with van der Waals surface area (Å²) in [5.74, 6) is 0. The molecule has 0 radical (unpaired) electrons. The van der Waals surface area contributed by atoms with Gasteiger partial charge in [-0.2, -0.15) is 0 Å². The molecule has 0 aliphatic carbocycles. The number of nitrogens with zero attached hydrogens (tertiary/aromatic N) is 3. The predicted molar refractivity (Wildman–Crippen MR) is 54.0 cm³/mol. The van der Waals surface area contributed by atoms with Crippen LogP contribution in [0.2, 0.25) is 0 Å². The van der Waals surface area contributed by atoms with E-state index in [2.05, 4.69) is 49.1 Å². The van der Waals surface area contributed by atoms with Crippen molar-refractivity contribution in [3.63, 3.8) is 0 Å². The average molecular weight is 187 g/mol. The molecule has 12 heavy (non-hydrogen) atoms. The molecular weight excluding hydrogens is 170 g/mol. The summed E-state index contributed by atoms with van der Waals surface area (Å²) in [5, 5.41) is 9.36. The van der Waals surface area contributed by atoms with E-state index in [9.17, 15) is 0 Å². The van der Waals surface area contributed by atoms with Crippen molar-refractivity contribution in [2.75, 3.05) is 18.8 Å². The largest absolute Gasteiger partial charge is 0.249 e. The van der Waals surface area contributed by atoms with Crippen molar-refractivity contribution in [1.29, 1.82) is 0 Å². The summed E-state index contributed by atoms with van der Waals surface area (Å²) >= 11 is 0. The molecule has 0 aliphatic heterocycles. The van der Waals surface area contributed by atoms with Gasteiger partial charge in [0, 0.05) is 6.04 Å². The first-order valence-corrected chi connectivity index (χ1v) is 6.87. The van der Waals surface area contributed by atoms with Crippen LogP contribution in [0.5, 0.6) is 0 Å². The molecule has 0 aliphatic rings. The molecule has 1 aromatic rings. The van der Waals surface area contributed by atoms with Crippen molar-refractivity contribution in [3.8, 4) is 0 Å². The lowest BCUT2D eigenvalue weighted by atomic mass is 10.4. The highest BCUT2D eigenvalue weighted by Gasteiger charge is 2.13. The van der Waals surface area contributed by atoms with E-state index in [1.54, 1.807) is 0 Å². The second kappa shape index (κ2) is 3.09. The monoisotopic (exact) mass is 187 g/mol. The minimum Gasteiger partial charge on any atom is -0.249 e. The van der Waals surface area contributed by atoms with Crippen molar-refractivity contribution < 1.29 is 0 Å². The van der Waals surface area contributed by atoms with Gasteiger partial charge >= 0.3 is 0 Å². The average Bonchev–Trinajstić information content (AvgIpc) is 2.30. The summed E-state index contributed by atoms with van der Waals surface area (Å²) in [5.41, 5.74) is 0. The summed E-state index contributed by atoms with van der Waals surface area (Å²) in [6.45, 7) is 4.22. The van der Waals surface area contributed by atoms with Crippen molar-refractivity contribution in [2.24, 2.45) is 0 Å². The van der Waals surface area contributed by atoms with Crippen LogP contribution in [0.4, 0.5) is 0 Å². The highest BCUT2D eigenvalue weighted by molar-refractivity contribution is 8.32. The van der Waals surface area contributed by atoms with Crippen LogP contribution in [0.15, 0.2) is 11.2 Å². The Kier molecular flexibility index (Phi) is 2.46. The standard InChI is InChI=1S/C8H17N3S/c1-7(2)11-6-8(9-10-11)12(3,4)5/h6-7H,1-5H3. The first-order valence-electron chi connectivity index (χ1n) is 4.01. The molecule has 1 rings (SSSR count). The van der Waals surface area contributed by atoms with Gasteiger partial charge in [-0.25, -0.2) is 14.7 Å². The minimum atomic E-state index is -0.710. The van der Waals surface area contributed by atoms with E-state index in [1.807, 2.05) is 4.68 Å². The van der Waals surface area contributed by atoms with Gasteiger partial charge in [-0.1, -0.05) is 5.21 Å². The van der Waals surface area contributed by atoms with Crippen LogP contribution in [0.3, 0.4) is 0 Å². The fourth-order valence-electron chi connectivity index (χ4n) is 0.793. The van der Waals surface area contributed by atoms with Crippen molar-refractivity contribution in [3.05, 3.63) is 6.20 Å². The Morgan fingerprint density at radius 1 is 1.33 bits per heavy atom. The Bertz CT molecular complexity index is 260. The smallest absolute Gasteiger partial charge is 0.121 e. The Morgan fingerprint density at radius 2 is 1.92 bits per heavy atom. The van der Waals surface area contributed by atoms with Crippen LogP contribution in [0, 0.1) is 0 Å². The van der Waals surface area contributed by atoms with Gasteiger partial charge < -0.3 is 0 Å². The Labute approximate surface area is 75.5 Å². The molecule has 1 aromatic heterocycles. The van der Waals surface area contributed by atoms with Gasteiger partial charge in [-0.05, 0) is 32.6 Å². The molecular formula is C8H17N3S. The maximum Gasteiger partial charge on any atom is 0.121 e. The second-order valence-electron chi connectivity index (χ2n) is 3.97. The molecule has 4 heteroatoms. The van der Waals surface area contributed by atoms with E-state index in [0.717, 1.165) is 5.03 Å². The Balaban J connectivity index is 2.92.